The van der Waals surface area contributed by atoms with Crippen LogP contribution in [0.3, 0.4) is 0 Å². The van der Waals surface area contributed by atoms with E-state index in [0.29, 0.717) is 0 Å². The molecule has 3 nitrogen and oxygen atoms in total. The second kappa shape index (κ2) is 5.94. The van der Waals surface area contributed by atoms with Gasteiger partial charge in [-0.3, -0.25) is 10.8 Å². The summed E-state index contributed by atoms with van der Waals surface area (Å²) in [7, 11) is 0. The molecule has 3 N–H and O–H groups in total. The Morgan fingerprint density at radius 2 is 2.24 bits per heavy atom. The van der Waals surface area contributed by atoms with Crippen molar-refractivity contribution in [1.82, 2.24) is 10.4 Å². The second-order valence-corrected chi connectivity index (χ2v) is 4.66. The van der Waals surface area contributed by atoms with Crippen LogP contribution in [0.15, 0.2) is 30.0 Å². The number of rotatable bonds is 3. The van der Waals surface area contributed by atoms with E-state index in [2.05, 4.69) is 22.6 Å². The molecule has 0 radical (unpaired) electrons. The molecular formula is C14H21N3. The van der Waals surface area contributed by atoms with Crippen LogP contribution in [0.4, 0.5) is 0 Å². The molecule has 0 aromatic carbocycles. The van der Waals surface area contributed by atoms with Gasteiger partial charge in [0.1, 0.15) is 0 Å². The lowest BCUT2D eigenvalue weighted by atomic mass is 9.95. The van der Waals surface area contributed by atoms with Gasteiger partial charge in [0, 0.05) is 11.9 Å². The third kappa shape index (κ3) is 2.93. The lowest BCUT2D eigenvalue weighted by Gasteiger charge is -2.21. The van der Waals surface area contributed by atoms with E-state index in [1.807, 2.05) is 19.2 Å². The summed E-state index contributed by atoms with van der Waals surface area (Å²) < 4.78 is 0. The summed E-state index contributed by atoms with van der Waals surface area (Å²) in [6, 6.07) is 4.21. The van der Waals surface area contributed by atoms with Crippen LogP contribution in [0.1, 0.15) is 49.4 Å². The normalized spacial score (nSPS) is 18.4. The molecule has 1 aliphatic carbocycles. The van der Waals surface area contributed by atoms with E-state index in [9.17, 15) is 0 Å². The summed E-state index contributed by atoms with van der Waals surface area (Å²) in [5, 5.41) is 0. The van der Waals surface area contributed by atoms with Gasteiger partial charge in [-0.25, -0.2) is 5.43 Å². The Bertz CT molecular complexity index is 398. The van der Waals surface area contributed by atoms with Gasteiger partial charge >= 0.3 is 0 Å². The Kier molecular flexibility index (Phi) is 4.29. The lowest BCUT2D eigenvalue weighted by Crippen LogP contribution is -2.30. The number of pyridine rings is 1. The first-order valence-corrected chi connectivity index (χ1v) is 6.39. The molecule has 1 unspecified atom stereocenters. The molecule has 1 heterocycles. The molecule has 2 rings (SSSR count). The molecule has 0 spiro atoms. The van der Waals surface area contributed by atoms with E-state index in [0.717, 1.165) is 12.1 Å². The van der Waals surface area contributed by atoms with Crippen molar-refractivity contribution in [3.05, 3.63) is 41.2 Å². The van der Waals surface area contributed by atoms with Crippen LogP contribution in [0.25, 0.3) is 0 Å². The first kappa shape index (κ1) is 12.3. The average molecular weight is 231 g/mol. The highest BCUT2D eigenvalue weighted by molar-refractivity contribution is 5.30. The molecule has 0 fully saturated rings. The second-order valence-electron chi connectivity index (χ2n) is 4.66. The Morgan fingerprint density at radius 3 is 3.00 bits per heavy atom. The average Bonchev–Trinajstić information content (AvgIpc) is 2.62. The van der Waals surface area contributed by atoms with Gasteiger partial charge in [0.25, 0.3) is 0 Å². The smallest absolute Gasteiger partial charge is 0.0687 e. The fraction of sp³-hybridized carbons (Fsp3) is 0.500. The quantitative estimate of drug-likeness (QED) is 0.478. The Hall–Kier alpha value is -1.19. The number of allylic oxidation sites excluding steroid dienone is 1. The molecule has 1 aliphatic rings. The SMILES string of the molecule is Cc1ncccc1C(NN)C1=CCCCCC1. The summed E-state index contributed by atoms with van der Waals surface area (Å²) >= 11 is 0. The van der Waals surface area contributed by atoms with Crippen molar-refractivity contribution in [2.45, 2.75) is 45.1 Å². The van der Waals surface area contributed by atoms with Crippen molar-refractivity contribution >= 4 is 0 Å². The molecule has 17 heavy (non-hydrogen) atoms. The van der Waals surface area contributed by atoms with Crippen LogP contribution < -0.4 is 11.3 Å². The summed E-state index contributed by atoms with van der Waals surface area (Å²) in [6.07, 6.45) is 10.4. The summed E-state index contributed by atoms with van der Waals surface area (Å²) in [6.45, 7) is 2.04. The van der Waals surface area contributed by atoms with Gasteiger partial charge in [-0.05, 0) is 44.2 Å². The van der Waals surface area contributed by atoms with E-state index in [1.54, 1.807) is 0 Å². The number of aromatic nitrogens is 1. The summed E-state index contributed by atoms with van der Waals surface area (Å²) in [4.78, 5) is 4.34. The molecule has 3 heteroatoms. The Morgan fingerprint density at radius 1 is 1.35 bits per heavy atom. The number of nitrogens with two attached hydrogens (primary N) is 1. The molecule has 0 saturated heterocycles. The summed E-state index contributed by atoms with van der Waals surface area (Å²) in [5.74, 6) is 5.74. The fourth-order valence-electron chi connectivity index (χ4n) is 2.50. The minimum Gasteiger partial charge on any atom is -0.271 e. The Balaban J connectivity index is 2.26. The first-order chi connectivity index (χ1) is 8.33. The van der Waals surface area contributed by atoms with Gasteiger partial charge < -0.3 is 0 Å². The predicted octanol–water partition coefficient (Wildman–Crippen LogP) is 2.78. The highest BCUT2D eigenvalue weighted by Crippen LogP contribution is 2.29. The minimum absolute atomic E-state index is 0.127. The van der Waals surface area contributed by atoms with E-state index >= 15 is 0 Å². The van der Waals surface area contributed by atoms with Crippen molar-refractivity contribution in [2.24, 2.45) is 5.84 Å². The topological polar surface area (TPSA) is 50.9 Å². The zero-order chi connectivity index (χ0) is 12.1. The monoisotopic (exact) mass is 231 g/mol. The minimum atomic E-state index is 0.127. The maximum absolute atomic E-state index is 5.74. The van der Waals surface area contributed by atoms with Crippen LogP contribution in [0.2, 0.25) is 0 Å². The fourth-order valence-corrected chi connectivity index (χ4v) is 2.50. The number of nitrogens with zero attached hydrogens (tertiary/aromatic N) is 1. The van der Waals surface area contributed by atoms with Gasteiger partial charge in [0.05, 0.1) is 6.04 Å². The van der Waals surface area contributed by atoms with Gasteiger partial charge in [-0.15, -0.1) is 0 Å². The molecule has 92 valence electrons. The van der Waals surface area contributed by atoms with Crippen LogP contribution in [0.5, 0.6) is 0 Å². The largest absolute Gasteiger partial charge is 0.271 e. The maximum atomic E-state index is 5.74. The number of hydrogen-bond donors (Lipinski definition) is 2. The standard InChI is InChI=1S/C14H21N3/c1-11-13(9-6-10-16-11)14(17-15)12-7-4-2-3-5-8-12/h6-7,9-10,14,17H,2-5,8,15H2,1H3. The maximum Gasteiger partial charge on any atom is 0.0687 e. The van der Waals surface area contributed by atoms with E-state index in [-0.39, 0.29) is 6.04 Å². The highest BCUT2D eigenvalue weighted by atomic mass is 15.2. The molecule has 0 saturated carbocycles. The van der Waals surface area contributed by atoms with Crippen LogP contribution in [-0.4, -0.2) is 4.98 Å². The molecule has 1 aromatic rings. The molecule has 0 bridgehead atoms. The molecular weight excluding hydrogens is 210 g/mol. The third-order valence-corrected chi connectivity index (χ3v) is 3.47. The summed E-state index contributed by atoms with van der Waals surface area (Å²) in [5.41, 5.74) is 6.62. The zero-order valence-electron chi connectivity index (χ0n) is 10.4. The van der Waals surface area contributed by atoms with Crippen LogP contribution in [-0.2, 0) is 0 Å². The number of aryl methyl sites for hydroxylation is 1. The third-order valence-electron chi connectivity index (χ3n) is 3.47. The molecule has 1 atom stereocenters. The lowest BCUT2D eigenvalue weighted by molar-refractivity contribution is 0.588. The van der Waals surface area contributed by atoms with E-state index < -0.39 is 0 Å². The molecule has 0 amide bonds. The number of nitrogens with one attached hydrogen (secondary N) is 1. The van der Waals surface area contributed by atoms with E-state index in [4.69, 9.17) is 5.84 Å². The van der Waals surface area contributed by atoms with Crippen molar-refractivity contribution in [1.29, 1.82) is 0 Å². The van der Waals surface area contributed by atoms with Gasteiger partial charge in [-0.1, -0.05) is 24.1 Å². The molecule has 0 aliphatic heterocycles. The molecule has 1 aromatic heterocycles. The van der Waals surface area contributed by atoms with Crippen molar-refractivity contribution < 1.29 is 0 Å². The van der Waals surface area contributed by atoms with Crippen LogP contribution >= 0.6 is 0 Å². The van der Waals surface area contributed by atoms with Gasteiger partial charge in [0.2, 0.25) is 0 Å². The van der Waals surface area contributed by atoms with E-state index in [1.165, 1.54) is 36.8 Å². The van der Waals surface area contributed by atoms with Crippen molar-refractivity contribution in [2.75, 3.05) is 0 Å². The number of hydrazine groups is 1. The zero-order valence-corrected chi connectivity index (χ0v) is 10.4. The van der Waals surface area contributed by atoms with Gasteiger partial charge in [0.15, 0.2) is 0 Å². The Labute approximate surface area is 103 Å². The van der Waals surface area contributed by atoms with Crippen molar-refractivity contribution in [3.63, 3.8) is 0 Å². The highest BCUT2D eigenvalue weighted by Gasteiger charge is 2.18. The van der Waals surface area contributed by atoms with Gasteiger partial charge in [-0.2, -0.15) is 0 Å². The first-order valence-electron chi connectivity index (χ1n) is 6.39. The van der Waals surface area contributed by atoms with Crippen LogP contribution in [0, 0.1) is 6.92 Å². The van der Waals surface area contributed by atoms with Crippen molar-refractivity contribution in [3.8, 4) is 0 Å². The number of hydrogen-bond acceptors (Lipinski definition) is 3. The predicted molar refractivity (Wildman–Crippen MR) is 70.2 cm³/mol.